The van der Waals surface area contributed by atoms with Gasteiger partial charge in [-0.25, -0.2) is 15.0 Å². The molecule has 176 valence electrons. The van der Waals surface area contributed by atoms with Crippen molar-refractivity contribution in [3.8, 4) is 5.88 Å². The number of aliphatic hydroxyl groups excluding tert-OH is 1. The van der Waals surface area contributed by atoms with Crippen LogP contribution in [0, 0.1) is 0 Å². The van der Waals surface area contributed by atoms with Gasteiger partial charge in [0, 0.05) is 36.8 Å². The van der Waals surface area contributed by atoms with Crippen LogP contribution in [0.4, 0.5) is 19.1 Å². The summed E-state index contributed by atoms with van der Waals surface area (Å²) in [5.74, 6) is 0.747. The minimum atomic E-state index is -4.27. The fraction of sp³-hybridized carbons (Fsp3) is 0.682. The van der Waals surface area contributed by atoms with E-state index in [1.165, 1.54) is 6.92 Å². The molecule has 2 aliphatic rings. The molecule has 0 spiro atoms. The van der Waals surface area contributed by atoms with E-state index in [1.54, 1.807) is 12.4 Å². The van der Waals surface area contributed by atoms with Crippen molar-refractivity contribution < 1.29 is 27.8 Å². The van der Waals surface area contributed by atoms with Gasteiger partial charge in [-0.05, 0) is 38.5 Å². The van der Waals surface area contributed by atoms with Crippen molar-refractivity contribution in [1.82, 2.24) is 15.0 Å². The standard InChI is InChI=1S/C22H29F3N4O3/c1-13(10-22(23,24)25)28-21-27-12-18-19(29-21)17(14-2-4-15(30)5-3-14)11-26-20(18)32-16-6-8-31-9-7-16/h11-16,30H,2-10H2,1H3,(H,27,28,29)/t13-,14?,15?/m0/s1. The molecule has 1 atom stereocenters. The van der Waals surface area contributed by atoms with Gasteiger partial charge >= 0.3 is 6.18 Å². The predicted molar refractivity (Wildman–Crippen MR) is 113 cm³/mol. The maximum atomic E-state index is 12.7. The highest BCUT2D eigenvalue weighted by Gasteiger charge is 2.30. The summed E-state index contributed by atoms with van der Waals surface area (Å²) < 4.78 is 49.7. The molecule has 1 saturated heterocycles. The van der Waals surface area contributed by atoms with Crippen LogP contribution in [0.3, 0.4) is 0 Å². The highest BCUT2D eigenvalue weighted by atomic mass is 19.4. The lowest BCUT2D eigenvalue weighted by atomic mass is 9.83. The zero-order valence-corrected chi connectivity index (χ0v) is 18.1. The lowest BCUT2D eigenvalue weighted by Crippen LogP contribution is -2.26. The molecule has 10 heteroatoms. The van der Waals surface area contributed by atoms with Crippen molar-refractivity contribution in [2.75, 3.05) is 18.5 Å². The predicted octanol–water partition coefficient (Wildman–Crippen LogP) is 4.35. The normalized spacial score (nSPS) is 23.8. The van der Waals surface area contributed by atoms with E-state index in [0.29, 0.717) is 42.8 Å². The Morgan fingerprint density at radius 1 is 1.12 bits per heavy atom. The number of pyridine rings is 1. The summed E-state index contributed by atoms with van der Waals surface area (Å²) in [4.78, 5) is 13.4. The molecule has 1 saturated carbocycles. The van der Waals surface area contributed by atoms with E-state index in [-0.39, 0.29) is 24.1 Å². The molecule has 4 rings (SSSR count). The number of nitrogens with one attached hydrogen (secondary N) is 1. The number of aromatic nitrogens is 3. The summed E-state index contributed by atoms with van der Waals surface area (Å²) in [5.41, 5.74) is 1.56. The molecule has 0 aromatic carbocycles. The second kappa shape index (κ2) is 9.74. The van der Waals surface area contributed by atoms with Gasteiger partial charge in [0.05, 0.1) is 36.6 Å². The Bertz CT molecular complexity index is 913. The molecule has 1 aliphatic carbocycles. The Kier molecular flexibility index (Phi) is 6.99. The molecule has 3 heterocycles. The number of halogens is 3. The van der Waals surface area contributed by atoms with Gasteiger partial charge in [0.15, 0.2) is 0 Å². The molecule has 0 amide bonds. The third kappa shape index (κ3) is 5.78. The van der Waals surface area contributed by atoms with Crippen LogP contribution in [0.1, 0.15) is 63.4 Å². The molecule has 0 unspecified atom stereocenters. The average molecular weight is 454 g/mol. The molecule has 2 fully saturated rings. The largest absolute Gasteiger partial charge is 0.474 e. The monoisotopic (exact) mass is 454 g/mol. The smallest absolute Gasteiger partial charge is 0.391 e. The second-order valence-electron chi connectivity index (χ2n) is 8.77. The highest BCUT2D eigenvalue weighted by Crippen LogP contribution is 2.38. The van der Waals surface area contributed by atoms with Crippen molar-refractivity contribution in [2.24, 2.45) is 0 Å². The number of ether oxygens (including phenoxy) is 2. The number of aliphatic hydroxyl groups is 1. The molecule has 1 aliphatic heterocycles. The maximum Gasteiger partial charge on any atom is 0.391 e. The number of hydrogen-bond donors (Lipinski definition) is 2. The van der Waals surface area contributed by atoms with Gasteiger partial charge in [0.2, 0.25) is 11.8 Å². The number of rotatable bonds is 6. The zero-order chi connectivity index (χ0) is 22.7. The van der Waals surface area contributed by atoms with Gasteiger partial charge < -0.3 is 19.9 Å². The first-order valence-corrected chi connectivity index (χ1v) is 11.2. The molecular weight excluding hydrogens is 425 g/mol. The van der Waals surface area contributed by atoms with Crippen molar-refractivity contribution >= 4 is 16.9 Å². The molecule has 7 nitrogen and oxygen atoms in total. The number of nitrogens with zero attached hydrogens (tertiary/aromatic N) is 3. The lowest BCUT2D eigenvalue weighted by Gasteiger charge is -2.27. The molecule has 2 N–H and O–H groups in total. The van der Waals surface area contributed by atoms with Crippen LogP contribution in [0.2, 0.25) is 0 Å². The van der Waals surface area contributed by atoms with Crippen molar-refractivity contribution in [2.45, 2.75) is 82.2 Å². The summed E-state index contributed by atoms with van der Waals surface area (Å²) in [6, 6.07) is -0.861. The SMILES string of the molecule is C[C@@H](CC(F)(F)F)Nc1ncc2c(OC3CCOCC3)ncc(C3CCC(O)CC3)c2n1. The second-order valence-corrected chi connectivity index (χ2v) is 8.77. The number of alkyl halides is 3. The first-order chi connectivity index (χ1) is 15.3. The minimum absolute atomic E-state index is 0.0141. The van der Waals surface area contributed by atoms with Gasteiger partial charge in [-0.1, -0.05) is 0 Å². The zero-order valence-electron chi connectivity index (χ0n) is 18.1. The van der Waals surface area contributed by atoms with Crippen molar-refractivity contribution in [3.63, 3.8) is 0 Å². The maximum absolute atomic E-state index is 12.7. The topological polar surface area (TPSA) is 89.4 Å². The number of anilines is 1. The third-order valence-corrected chi connectivity index (χ3v) is 6.11. The lowest BCUT2D eigenvalue weighted by molar-refractivity contribution is -0.136. The Balaban J connectivity index is 1.65. The van der Waals surface area contributed by atoms with Gasteiger partial charge in [0.1, 0.15) is 6.10 Å². The quantitative estimate of drug-likeness (QED) is 0.671. The van der Waals surface area contributed by atoms with Gasteiger partial charge in [0.25, 0.3) is 0 Å². The highest BCUT2D eigenvalue weighted by molar-refractivity contribution is 5.86. The average Bonchev–Trinajstić information content (AvgIpc) is 2.74. The van der Waals surface area contributed by atoms with Crippen LogP contribution in [0.5, 0.6) is 5.88 Å². The number of fused-ring (bicyclic) bond motifs is 1. The van der Waals surface area contributed by atoms with Crippen LogP contribution in [0.25, 0.3) is 10.9 Å². The van der Waals surface area contributed by atoms with E-state index in [1.807, 2.05) is 0 Å². The molecular formula is C22H29F3N4O3. The van der Waals surface area contributed by atoms with Crippen LogP contribution >= 0.6 is 0 Å². The molecule has 0 radical (unpaired) electrons. The molecule has 32 heavy (non-hydrogen) atoms. The van der Waals surface area contributed by atoms with E-state index >= 15 is 0 Å². The summed E-state index contributed by atoms with van der Waals surface area (Å²) in [7, 11) is 0. The van der Waals surface area contributed by atoms with Gasteiger partial charge in [-0.15, -0.1) is 0 Å². The molecule has 2 aromatic heterocycles. The summed E-state index contributed by atoms with van der Waals surface area (Å²) in [5, 5.41) is 13.3. The molecule has 2 aromatic rings. The first-order valence-electron chi connectivity index (χ1n) is 11.2. The Morgan fingerprint density at radius 2 is 1.84 bits per heavy atom. The van der Waals surface area contributed by atoms with Crippen molar-refractivity contribution in [3.05, 3.63) is 18.0 Å². The van der Waals surface area contributed by atoms with E-state index in [9.17, 15) is 18.3 Å². The fourth-order valence-corrected chi connectivity index (χ4v) is 4.44. The van der Waals surface area contributed by atoms with Crippen LogP contribution in [-0.2, 0) is 4.74 Å². The van der Waals surface area contributed by atoms with E-state index in [4.69, 9.17) is 9.47 Å². The Hall–Kier alpha value is -2.20. The van der Waals surface area contributed by atoms with E-state index < -0.39 is 18.6 Å². The summed E-state index contributed by atoms with van der Waals surface area (Å²) in [6.45, 7) is 2.72. The third-order valence-electron chi connectivity index (χ3n) is 6.11. The molecule has 0 bridgehead atoms. The Labute approximate surface area is 184 Å². The van der Waals surface area contributed by atoms with Gasteiger partial charge in [-0.2, -0.15) is 13.2 Å². The summed E-state index contributed by atoms with van der Waals surface area (Å²) in [6.07, 6.45) is 2.31. The first kappa shape index (κ1) is 23.0. The van der Waals surface area contributed by atoms with Crippen molar-refractivity contribution in [1.29, 1.82) is 0 Å². The summed E-state index contributed by atoms with van der Waals surface area (Å²) >= 11 is 0. The number of hydrogen-bond acceptors (Lipinski definition) is 7. The fourth-order valence-electron chi connectivity index (χ4n) is 4.44. The van der Waals surface area contributed by atoms with Crippen LogP contribution < -0.4 is 10.1 Å². The Morgan fingerprint density at radius 3 is 2.53 bits per heavy atom. The van der Waals surface area contributed by atoms with Gasteiger partial charge in [-0.3, -0.25) is 0 Å². The van der Waals surface area contributed by atoms with Crippen LogP contribution in [0.15, 0.2) is 12.4 Å². The van der Waals surface area contributed by atoms with E-state index in [2.05, 4.69) is 20.3 Å². The van der Waals surface area contributed by atoms with E-state index in [0.717, 1.165) is 31.2 Å². The van der Waals surface area contributed by atoms with Crippen LogP contribution in [-0.4, -0.2) is 57.7 Å². The minimum Gasteiger partial charge on any atom is -0.474 e.